The molecule has 0 saturated carbocycles. The second kappa shape index (κ2) is 8.19. The summed E-state index contributed by atoms with van der Waals surface area (Å²) in [6.07, 6.45) is 2.17. The van der Waals surface area contributed by atoms with Gasteiger partial charge in [0.05, 0.1) is 12.6 Å². The molecule has 1 atom stereocenters. The van der Waals surface area contributed by atoms with Gasteiger partial charge in [-0.15, -0.1) is 5.10 Å². The molecular weight excluding hydrogens is 284 g/mol. The molecular formula is C14H26N6O2. The van der Waals surface area contributed by atoms with E-state index in [0.29, 0.717) is 6.54 Å². The van der Waals surface area contributed by atoms with Crippen molar-refractivity contribution < 1.29 is 9.90 Å². The van der Waals surface area contributed by atoms with Crippen molar-refractivity contribution in [2.45, 2.75) is 52.3 Å². The van der Waals surface area contributed by atoms with Crippen LogP contribution in [-0.2, 0) is 17.9 Å². The van der Waals surface area contributed by atoms with Gasteiger partial charge in [0.25, 0.3) is 0 Å². The van der Waals surface area contributed by atoms with E-state index >= 15 is 0 Å². The summed E-state index contributed by atoms with van der Waals surface area (Å²) in [5, 5.41) is 23.8. The highest BCUT2D eigenvalue weighted by Crippen LogP contribution is 2.18. The van der Waals surface area contributed by atoms with Crippen LogP contribution < -0.4 is 5.32 Å². The van der Waals surface area contributed by atoms with Crippen molar-refractivity contribution in [1.29, 1.82) is 0 Å². The van der Waals surface area contributed by atoms with Gasteiger partial charge in [0.2, 0.25) is 5.91 Å². The molecule has 1 fully saturated rings. The minimum atomic E-state index is -0.499. The fraction of sp³-hybridized carbons (Fsp3) is 0.857. The molecule has 1 aliphatic rings. The topological polar surface area (TPSA) is 96.2 Å². The number of nitrogens with zero attached hydrogens (tertiary/aromatic N) is 5. The molecule has 1 aromatic rings. The van der Waals surface area contributed by atoms with Crippen molar-refractivity contribution >= 4 is 5.91 Å². The minimum absolute atomic E-state index is 0.0432. The maximum absolute atomic E-state index is 12.0. The molecule has 22 heavy (non-hydrogen) atoms. The molecule has 0 radical (unpaired) electrons. The van der Waals surface area contributed by atoms with Crippen molar-refractivity contribution in [3.8, 4) is 0 Å². The molecule has 2 heterocycles. The van der Waals surface area contributed by atoms with E-state index in [-0.39, 0.29) is 11.8 Å². The number of aliphatic hydroxyl groups is 1. The number of piperidine rings is 1. The summed E-state index contributed by atoms with van der Waals surface area (Å²) in [4.78, 5) is 14.3. The molecule has 1 saturated heterocycles. The molecule has 0 unspecified atom stereocenters. The summed E-state index contributed by atoms with van der Waals surface area (Å²) in [5.74, 6) is 0.983. The van der Waals surface area contributed by atoms with Gasteiger partial charge in [-0.05, 0) is 49.7 Å². The zero-order chi connectivity index (χ0) is 15.9. The third-order valence-electron chi connectivity index (χ3n) is 3.94. The van der Waals surface area contributed by atoms with Gasteiger partial charge in [0.15, 0.2) is 5.82 Å². The Labute approximate surface area is 130 Å². The number of aliphatic hydroxyl groups excluding tert-OH is 1. The first-order valence-electron chi connectivity index (χ1n) is 8.03. The van der Waals surface area contributed by atoms with E-state index in [0.717, 1.165) is 51.3 Å². The number of likely N-dealkylation sites (tertiary alicyclic amines) is 1. The fourth-order valence-corrected chi connectivity index (χ4v) is 2.67. The van der Waals surface area contributed by atoms with E-state index in [1.165, 1.54) is 0 Å². The first-order chi connectivity index (χ1) is 10.6. The van der Waals surface area contributed by atoms with E-state index < -0.39 is 6.10 Å². The molecule has 124 valence electrons. The number of tetrazole rings is 1. The largest absolute Gasteiger partial charge is 0.392 e. The van der Waals surface area contributed by atoms with Crippen LogP contribution in [0.15, 0.2) is 0 Å². The first-order valence-corrected chi connectivity index (χ1v) is 8.03. The second-order valence-corrected chi connectivity index (χ2v) is 5.96. The van der Waals surface area contributed by atoms with E-state index in [2.05, 4.69) is 32.7 Å². The SMILES string of the molecule is CCCn1nnnc1CN1CCC(C(=O)NC[C@@H](C)O)CC1. The number of carbonyl (C=O) groups excluding carboxylic acids is 1. The molecule has 8 nitrogen and oxygen atoms in total. The van der Waals surface area contributed by atoms with Crippen LogP contribution in [0.25, 0.3) is 0 Å². The Hall–Kier alpha value is -1.54. The molecule has 8 heteroatoms. The minimum Gasteiger partial charge on any atom is -0.392 e. The zero-order valence-corrected chi connectivity index (χ0v) is 13.4. The standard InChI is InChI=1S/C14H26N6O2/c1-3-6-20-13(16-17-18-20)10-19-7-4-12(5-8-19)14(22)15-9-11(2)21/h11-12,21H,3-10H2,1-2H3,(H,15,22)/t11-/m1/s1. The van der Waals surface area contributed by atoms with E-state index in [1.807, 2.05) is 4.68 Å². The van der Waals surface area contributed by atoms with Crippen LogP contribution in [0.3, 0.4) is 0 Å². The summed E-state index contributed by atoms with van der Waals surface area (Å²) < 4.78 is 1.85. The monoisotopic (exact) mass is 310 g/mol. The molecule has 1 aromatic heterocycles. The van der Waals surface area contributed by atoms with E-state index in [4.69, 9.17) is 0 Å². The van der Waals surface area contributed by atoms with Crippen LogP contribution in [0.1, 0.15) is 38.9 Å². The molecule has 2 N–H and O–H groups in total. The summed E-state index contributed by atoms with van der Waals surface area (Å²) >= 11 is 0. The lowest BCUT2D eigenvalue weighted by atomic mass is 9.96. The number of aromatic nitrogens is 4. The predicted octanol–water partition coefficient (Wildman–Crippen LogP) is -0.208. The maximum Gasteiger partial charge on any atom is 0.223 e. The average molecular weight is 310 g/mol. The third-order valence-corrected chi connectivity index (χ3v) is 3.94. The van der Waals surface area contributed by atoms with Gasteiger partial charge in [0.1, 0.15) is 0 Å². The Balaban J connectivity index is 1.77. The van der Waals surface area contributed by atoms with Crippen LogP contribution in [0.5, 0.6) is 0 Å². The highest BCUT2D eigenvalue weighted by molar-refractivity contribution is 5.78. The third kappa shape index (κ3) is 4.74. The van der Waals surface area contributed by atoms with Gasteiger partial charge < -0.3 is 10.4 Å². The number of hydrogen-bond donors (Lipinski definition) is 2. The number of amides is 1. The number of nitrogens with one attached hydrogen (secondary N) is 1. The Kier molecular flexibility index (Phi) is 6.26. The van der Waals surface area contributed by atoms with Gasteiger partial charge in [-0.2, -0.15) is 0 Å². The van der Waals surface area contributed by atoms with Gasteiger partial charge in [-0.3, -0.25) is 9.69 Å². The average Bonchev–Trinajstić information content (AvgIpc) is 2.93. The number of hydrogen-bond acceptors (Lipinski definition) is 6. The number of carbonyl (C=O) groups is 1. The molecule has 0 aliphatic carbocycles. The Morgan fingerprint density at radius 2 is 2.18 bits per heavy atom. The maximum atomic E-state index is 12.0. The smallest absolute Gasteiger partial charge is 0.223 e. The molecule has 0 aromatic carbocycles. The fourth-order valence-electron chi connectivity index (χ4n) is 2.67. The summed E-state index contributed by atoms with van der Waals surface area (Å²) in [5.41, 5.74) is 0. The summed E-state index contributed by atoms with van der Waals surface area (Å²) in [7, 11) is 0. The Morgan fingerprint density at radius 3 is 2.82 bits per heavy atom. The quantitative estimate of drug-likeness (QED) is 0.723. The van der Waals surface area contributed by atoms with Crippen molar-refractivity contribution in [2.75, 3.05) is 19.6 Å². The van der Waals surface area contributed by atoms with Crippen molar-refractivity contribution in [1.82, 2.24) is 30.4 Å². The normalized spacial score (nSPS) is 18.3. The van der Waals surface area contributed by atoms with E-state index in [9.17, 15) is 9.90 Å². The van der Waals surface area contributed by atoms with Crippen LogP contribution in [-0.4, -0.2) is 61.9 Å². The van der Waals surface area contributed by atoms with Gasteiger partial charge in [-0.1, -0.05) is 6.92 Å². The lowest BCUT2D eigenvalue weighted by Crippen LogP contribution is -2.42. The van der Waals surface area contributed by atoms with Crippen LogP contribution >= 0.6 is 0 Å². The highest BCUT2D eigenvalue weighted by Gasteiger charge is 2.25. The van der Waals surface area contributed by atoms with Gasteiger partial charge in [-0.25, -0.2) is 4.68 Å². The lowest BCUT2D eigenvalue weighted by molar-refractivity contribution is -0.126. The van der Waals surface area contributed by atoms with Crippen LogP contribution in [0.2, 0.25) is 0 Å². The van der Waals surface area contributed by atoms with Crippen molar-refractivity contribution in [2.24, 2.45) is 5.92 Å². The zero-order valence-electron chi connectivity index (χ0n) is 13.4. The van der Waals surface area contributed by atoms with Crippen LogP contribution in [0, 0.1) is 5.92 Å². The number of aryl methyl sites for hydroxylation is 1. The van der Waals surface area contributed by atoms with Crippen molar-refractivity contribution in [3.05, 3.63) is 5.82 Å². The van der Waals surface area contributed by atoms with E-state index in [1.54, 1.807) is 6.92 Å². The Morgan fingerprint density at radius 1 is 1.45 bits per heavy atom. The van der Waals surface area contributed by atoms with Gasteiger partial charge >= 0.3 is 0 Å². The van der Waals surface area contributed by atoms with Crippen molar-refractivity contribution in [3.63, 3.8) is 0 Å². The lowest BCUT2D eigenvalue weighted by Gasteiger charge is -2.30. The van der Waals surface area contributed by atoms with Gasteiger partial charge in [0, 0.05) is 19.0 Å². The number of rotatable bonds is 7. The summed E-state index contributed by atoms with van der Waals surface area (Å²) in [6.45, 7) is 7.39. The second-order valence-electron chi connectivity index (χ2n) is 5.96. The molecule has 1 amide bonds. The molecule has 2 rings (SSSR count). The Bertz CT molecular complexity index is 468. The first kappa shape index (κ1) is 16.8. The molecule has 0 spiro atoms. The van der Waals surface area contributed by atoms with Crippen LogP contribution in [0.4, 0.5) is 0 Å². The highest BCUT2D eigenvalue weighted by atomic mass is 16.3. The molecule has 0 bridgehead atoms. The molecule has 1 aliphatic heterocycles. The summed E-state index contributed by atoms with van der Waals surface area (Å²) in [6, 6.07) is 0. The predicted molar refractivity (Wildman–Crippen MR) is 80.8 cm³/mol.